The lowest BCUT2D eigenvalue weighted by Gasteiger charge is -2.30. The van der Waals surface area contributed by atoms with Crippen molar-refractivity contribution in [2.45, 2.75) is 51.2 Å². The molecule has 8 nitrogen and oxygen atoms in total. The van der Waals surface area contributed by atoms with Crippen LogP contribution in [-0.4, -0.2) is 50.4 Å². The molecule has 1 fully saturated rings. The van der Waals surface area contributed by atoms with Crippen LogP contribution in [-0.2, 0) is 6.54 Å². The quantitative estimate of drug-likeness (QED) is 0.264. The molecule has 1 N–H and O–H groups in total. The minimum atomic E-state index is -0.0933. The molecule has 2 aromatic carbocycles. The highest BCUT2D eigenvalue weighted by Gasteiger charge is 2.28. The second-order valence-corrected chi connectivity index (χ2v) is 10.2. The standard InChI is InChI=1S/C30H33ClN6O2/c1-21(22-8-4-3-5-9-22)33-30(38)36(25-10-6-7-11-25)18-19-37-29(24-12-13-27(39-2)26(31)20-24)34-28(35-37)23-14-16-32-17-15-23/h3-5,8-9,12-17,20-21,25H,6-7,10-11,18-19H2,1-2H3,(H,33,38)/t21-/m0/s1. The van der Waals surface area contributed by atoms with Gasteiger partial charge in [0.1, 0.15) is 5.75 Å². The summed E-state index contributed by atoms with van der Waals surface area (Å²) in [5.74, 6) is 1.86. The fourth-order valence-corrected chi connectivity index (χ4v) is 5.36. The molecule has 202 valence electrons. The minimum Gasteiger partial charge on any atom is -0.495 e. The lowest BCUT2D eigenvalue weighted by molar-refractivity contribution is 0.168. The van der Waals surface area contributed by atoms with Crippen LogP contribution >= 0.6 is 11.6 Å². The van der Waals surface area contributed by atoms with Crippen LogP contribution in [0.5, 0.6) is 5.75 Å². The highest BCUT2D eigenvalue weighted by molar-refractivity contribution is 6.32. The zero-order chi connectivity index (χ0) is 27.2. The van der Waals surface area contributed by atoms with Gasteiger partial charge in [-0.2, -0.15) is 5.10 Å². The van der Waals surface area contributed by atoms with Crippen LogP contribution in [0.2, 0.25) is 5.02 Å². The number of hydrogen-bond acceptors (Lipinski definition) is 5. The Hall–Kier alpha value is -3.91. The third-order valence-electron chi connectivity index (χ3n) is 7.24. The summed E-state index contributed by atoms with van der Waals surface area (Å²) in [6.07, 6.45) is 7.73. The Kier molecular flexibility index (Phi) is 8.42. The monoisotopic (exact) mass is 544 g/mol. The molecular formula is C30H33ClN6O2. The average molecular weight is 545 g/mol. The largest absolute Gasteiger partial charge is 0.495 e. The predicted molar refractivity (Wildman–Crippen MR) is 153 cm³/mol. The van der Waals surface area contributed by atoms with E-state index in [0.717, 1.165) is 42.4 Å². The smallest absolute Gasteiger partial charge is 0.318 e. The van der Waals surface area contributed by atoms with Gasteiger partial charge >= 0.3 is 6.03 Å². The molecule has 2 aromatic heterocycles. The van der Waals surface area contributed by atoms with E-state index < -0.39 is 0 Å². The van der Waals surface area contributed by atoms with Gasteiger partial charge in [0.2, 0.25) is 0 Å². The first-order chi connectivity index (χ1) is 19.0. The van der Waals surface area contributed by atoms with Crippen LogP contribution in [0.4, 0.5) is 4.79 Å². The molecule has 1 atom stereocenters. The summed E-state index contributed by atoms with van der Waals surface area (Å²) < 4.78 is 7.20. The van der Waals surface area contributed by atoms with Crippen molar-refractivity contribution in [3.63, 3.8) is 0 Å². The normalized spacial score (nSPS) is 14.2. The highest BCUT2D eigenvalue weighted by Crippen LogP contribution is 2.31. The lowest BCUT2D eigenvalue weighted by atomic mass is 10.1. The Bertz CT molecular complexity index is 1390. The summed E-state index contributed by atoms with van der Waals surface area (Å²) in [5, 5.41) is 8.55. The molecule has 9 heteroatoms. The first-order valence-electron chi connectivity index (χ1n) is 13.3. The van der Waals surface area contributed by atoms with E-state index in [4.69, 9.17) is 26.4 Å². The molecule has 4 aromatic rings. The number of halogens is 1. The van der Waals surface area contributed by atoms with E-state index in [2.05, 4.69) is 10.3 Å². The number of aromatic nitrogens is 4. The van der Waals surface area contributed by atoms with Gasteiger partial charge in [0.05, 0.1) is 24.7 Å². The maximum absolute atomic E-state index is 13.6. The molecule has 0 unspecified atom stereocenters. The third-order valence-corrected chi connectivity index (χ3v) is 7.53. The SMILES string of the molecule is COc1ccc(-c2nc(-c3ccncc3)nn2CCN(C(=O)N[C@@H](C)c2ccccc2)C2CCCC2)cc1Cl. The van der Waals surface area contributed by atoms with Crippen LogP contribution in [0.3, 0.4) is 0 Å². The Morgan fingerprint density at radius 1 is 1.10 bits per heavy atom. The fourth-order valence-electron chi connectivity index (χ4n) is 5.10. The molecule has 1 aliphatic rings. The second kappa shape index (κ2) is 12.3. The van der Waals surface area contributed by atoms with Crippen molar-refractivity contribution in [1.82, 2.24) is 30.0 Å². The highest BCUT2D eigenvalue weighted by atomic mass is 35.5. The fraction of sp³-hybridized carbons (Fsp3) is 0.333. The zero-order valence-corrected chi connectivity index (χ0v) is 23.0. The van der Waals surface area contributed by atoms with Gasteiger partial charge in [-0.1, -0.05) is 54.8 Å². The van der Waals surface area contributed by atoms with Crippen molar-refractivity contribution in [3.8, 4) is 28.5 Å². The second-order valence-electron chi connectivity index (χ2n) is 9.78. The summed E-state index contributed by atoms with van der Waals surface area (Å²) in [5.41, 5.74) is 2.77. The van der Waals surface area contributed by atoms with Crippen molar-refractivity contribution < 1.29 is 9.53 Å². The number of amides is 2. The Morgan fingerprint density at radius 2 is 1.85 bits per heavy atom. The van der Waals surface area contributed by atoms with Gasteiger partial charge < -0.3 is 15.0 Å². The van der Waals surface area contributed by atoms with Gasteiger partial charge in [0.25, 0.3) is 0 Å². The summed E-state index contributed by atoms with van der Waals surface area (Å²) in [6, 6.07) is 19.4. The van der Waals surface area contributed by atoms with Gasteiger partial charge in [-0.05, 0) is 55.7 Å². The zero-order valence-electron chi connectivity index (χ0n) is 22.3. The van der Waals surface area contributed by atoms with E-state index in [0.29, 0.717) is 35.5 Å². The van der Waals surface area contributed by atoms with Crippen LogP contribution in [0.1, 0.15) is 44.2 Å². The van der Waals surface area contributed by atoms with Crippen LogP contribution in [0.25, 0.3) is 22.8 Å². The molecule has 2 heterocycles. The number of ether oxygens (including phenoxy) is 1. The molecule has 2 amide bonds. The number of hydrogen-bond donors (Lipinski definition) is 1. The van der Waals surface area contributed by atoms with E-state index in [1.807, 2.05) is 77.2 Å². The predicted octanol–water partition coefficient (Wildman–Crippen LogP) is 6.38. The van der Waals surface area contributed by atoms with E-state index >= 15 is 0 Å². The molecule has 0 aliphatic heterocycles. The number of pyridine rings is 1. The van der Waals surface area contributed by atoms with Crippen molar-refractivity contribution in [3.05, 3.63) is 83.6 Å². The maximum atomic E-state index is 13.6. The topological polar surface area (TPSA) is 85.2 Å². The van der Waals surface area contributed by atoms with E-state index in [9.17, 15) is 4.79 Å². The Labute approximate surface area is 234 Å². The molecular weight excluding hydrogens is 512 g/mol. The van der Waals surface area contributed by atoms with Crippen molar-refractivity contribution in [2.75, 3.05) is 13.7 Å². The summed E-state index contributed by atoms with van der Waals surface area (Å²) in [7, 11) is 1.59. The van der Waals surface area contributed by atoms with Crippen molar-refractivity contribution in [2.24, 2.45) is 0 Å². The summed E-state index contributed by atoms with van der Waals surface area (Å²) >= 11 is 6.46. The molecule has 0 spiro atoms. The summed E-state index contributed by atoms with van der Waals surface area (Å²) in [4.78, 5) is 24.5. The van der Waals surface area contributed by atoms with E-state index in [1.54, 1.807) is 19.5 Å². The summed E-state index contributed by atoms with van der Waals surface area (Å²) in [6.45, 7) is 3.01. The molecule has 39 heavy (non-hydrogen) atoms. The number of methoxy groups -OCH3 is 1. The Morgan fingerprint density at radius 3 is 2.54 bits per heavy atom. The number of rotatable bonds is 9. The number of carbonyl (C=O) groups is 1. The number of benzene rings is 2. The van der Waals surface area contributed by atoms with Gasteiger partial charge in [-0.15, -0.1) is 0 Å². The number of nitrogens with one attached hydrogen (secondary N) is 1. The molecule has 5 rings (SSSR count). The molecule has 1 aliphatic carbocycles. The van der Waals surface area contributed by atoms with Crippen LogP contribution in [0.15, 0.2) is 73.1 Å². The minimum absolute atomic E-state index is 0.0539. The van der Waals surface area contributed by atoms with Gasteiger partial charge in [0.15, 0.2) is 11.6 Å². The van der Waals surface area contributed by atoms with Crippen LogP contribution in [0, 0.1) is 0 Å². The van der Waals surface area contributed by atoms with Crippen LogP contribution < -0.4 is 10.1 Å². The van der Waals surface area contributed by atoms with E-state index in [1.165, 1.54) is 0 Å². The molecule has 0 saturated heterocycles. The van der Waals surface area contributed by atoms with Gasteiger partial charge in [0, 0.05) is 36.1 Å². The number of nitrogens with zero attached hydrogens (tertiary/aromatic N) is 5. The third kappa shape index (κ3) is 6.23. The number of carbonyl (C=O) groups excluding carboxylic acids is 1. The molecule has 1 saturated carbocycles. The van der Waals surface area contributed by atoms with Gasteiger partial charge in [-0.3, -0.25) is 4.98 Å². The first kappa shape index (κ1) is 26.7. The van der Waals surface area contributed by atoms with Crippen molar-refractivity contribution in [1.29, 1.82) is 0 Å². The Balaban J connectivity index is 1.42. The average Bonchev–Trinajstić information content (AvgIpc) is 3.65. The van der Waals surface area contributed by atoms with E-state index in [-0.39, 0.29) is 18.1 Å². The molecule has 0 bridgehead atoms. The maximum Gasteiger partial charge on any atom is 0.318 e. The molecule has 0 radical (unpaired) electrons. The van der Waals surface area contributed by atoms with Gasteiger partial charge in [-0.25, -0.2) is 14.5 Å². The first-order valence-corrected chi connectivity index (χ1v) is 13.7. The number of urea groups is 1. The lowest BCUT2D eigenvalue weighted by Crippen LogP contribution is -2.47. The van der Waals surface area contributed by atoms with Crippen molar-refractivity contribution >= 4 is 17.6 Å².